The van der Waals surface area contributed by atoms with E-state index in [2.05, 4.69) is 10.2 Å². The molecule has 1 amide bonds. The lowest BCUT2D eigenvalue weighted by molar-refractivity contribution is -0.121. The fourth-order valence-corrected chi connectivity index (χ4v) is 2.47. The standard InChI is InChI=1S/C15H23N3O/c1-17(2)13-9-7-12(8-10-13)16-15(19)14-6-4-5-11-18(14)3/h7-10,14H,4-6,11H2,1-3H3,(H,16,19). The molecule has 1 unspecified atom stereocenters. The first-order valence-electron chi connectivity index (χ1n) is 6.86. The summed E-state index contributed by atoms with van der Waals surface area (Å²) in [7, 11) is 6.04. The van der Waals surface area contributed by atoms with Crippen LogP contribution in [0.1, 0.15) is 19.3 Å². The van der Waals surface area contributed by atoms with Crippen molar-refractivity contribution in [2.75, 3.05) is 37.9 Å². The molecule has 1 saturated heterocycles. The smallest absolute Gasteiger partial charge is 0.241 e. The molecule has 19 heavy (non-hydrogen) atoms. The lowest BCUT2D eigenvalue weighted by Crippen LogP contribution is -2.44. The van der Waals surface area contributed by atoms with Crippen molar-refractivity contribution in [1.29, 1.82) is 0 Å². The molecule has 0 aliphatic carbocycles. The molecule has 1 aliphatic rings. The SMILES string of the molecule is CN(C)c1ccc(NC(=O)C2CCCCN2C)cc1. The van der Waals surface area contributed by atoms with Gasteiger partial charge in [-0.15, -0.1) is 0 Å². The van der Waals surface area contributed by atoms with Gasteiger partial charge in [-0.3, -0.25) is 9.69 Å². The summed E-state index contributed by atoms with van der Waals surface area (Å²) >= 11 is 0. The molecule has 0 aromatic heterocycles. The number of piperidine rings is 1. The Balaban J connectivity index is 1.98. The van der Waals surface area contributed by atoms with Crippen LogP contribution in [0.15, 0.2) is 24.3 Å². The van der Waals surface area contributed by atoms with Gasteiger partial charge in [0.25, 0.3) is 0 Å². The van der Waals surface area contributed by atoms with Gasteiger partial charge >= 0.3 is 0 Å². The summed E-state index contributed by atoms with van der Waals surface area (Å²) in [6, 6.07) is 7.95. The number of anilines is 2. The Kier molecular flexibility index (Phi) is 4.43. The predicted molar refractivity (Wildman–Crippen MR) is 79.7 cm³/mol. The highest BCUT2D eigenvalue weighted by Gasteiger charge is 2.25. The van der Waals surface area contributed by atoms with Gasteiger partial charge in [0.2, 0.25) is 5.91 Å². The molecule has 1 N–H and O–H groups in total. The lowest BCUT2D eigenvalue weighted by atomic mass is 10.0. The quantitative estimate of drug-likeness (QED) is 0.906. The Hall–Kier alpha value is -1.55. The molecule has 1 atom stereocenters. The van der Waals surface area contributed by atoms with Gasteiger partial charge in [0.05, 0.1) is 6.04 Å². The normalized spacial score (nSPS) is 20.1. The first-order valence-corrected chi connectivity index (χ1v) is 6.86. The van der Waals surface area contributed by atoms with E-state index in [0.29, 0.717) is 0 Å². The van der Waals surface area contributed by atoms with Crippen LogP contribution in [0.25, 0.3) is 0 Å². The fraction of sp³-hybridized carbons (Fsp3) is 0.533. The largest absolute Gasteiger partial charge is 0.378 e. The third-order valence-electron chi connectivity index (χ3n) is 3.72. The summed E-state index contributed by atoms with van der Waals surface area (Å²) in [6.45, 7) is 1.01. The monoisotopic (exact) mass is 261 g/mol. The minimum absolute atomic E-state index is 0.0160. The number of carbonyl (C=O) groups excluding carboxylic acids is 1. The van der Waals surface area contributed by atoms with Crippen LogP contribution in [0.3, 0.4) is 0 Å². The lowest BCUT2D eigenvalue weighted by Gasteiger charge is -2.31. The van der Waals surface area contributed by atoms with E-state index in [1.54, 1.807) is 0 Å². The van der Waals surface area contributed by atoms with Gasteiger partial charge in [0.1, 0.15) is 0 Å². The molecule has 4 nitrogen and oxygen atoms in total. The minimum atomic E-state index is 0.0160. The van der Waals surface area contributed by atoms with Gasteiger partial charge in [-0.25, -0.2) is 0 Å². The average molecular weight is 261 g/mol. The number of likely N-dealkylation sites (N-methyl/N-ethyl adjacent to an activating group) is 1. The third kappa shape index (κ3) is 3.47. The number of hydrogen-bond donors (Lipinski definition) is 1. The van der Waals surface area contributed by atoms with Crippen molar-refractivity contribution >= 4 is 17.3 Å². The molecule has 1 heterocycles. The second kappa shape index (κ2) is 6.06. The van der Waals surface area contributed by atoms with Crippen LogP contribution in [-0.2, 0) is 4.79 Å². The molecular formula is C15H23N3O. The van der Waals surface area contributed by atoms with Gasteiger partial charge in [0.15, 0.2) is 0 Å². The summed E-state index contributed by atoms with van der Waals surface area (Å²) in [5.74, 6) is 0.111. The van der Waals surface area contributed by atoms with Crippen molar-refractivity contribution in [2.45, 2.75) is 25.3 Å². The molecule has 1 aromatic carbocycles. The number of rotatable bonds is 3. The zero-order valence-electron chi connectivity index (χ0n) is 12.0. The van der Waals surface area contributed by atoms with E-state index in [9.17, 15) is 4.79 Å². The molecule has 104 valence electrons. The van der Waals surface area contributed by atoms with Crippen molar-refractivity contribution in [2.24, 2.45) is 0 Å². The molecule has 1 aromatic rings. The Bertz CT molecular complexity index is 428. The van der Waals surface area contributed by atoms with E-state index in [1.165, 1.54) is 6.42 Å². The van der Waals surface area contributed by atoms with Crippen molar-refractivity contribution < 1.29 is 4.79 Å². The van der Waals surface area contributed by atoms with E-state index in [4.69, 9.17) is 0 Å². The number of hydrogen-bond acceptors (Lipinski definition) is 3. The number of nitrogens with zero attached hydrogens (tertiary/aromatic N) is 2. The number of benzene rings is 1. The van der Waals surface area contributed by atoms with Crippen molar-refractivity contribution in [3.05, 3.63) is 24.3 Å². The van der Waals surface area contributed by atoms with Crippen LogP contribution in [0.4, 0.5) is 11.4 Å². The van der Waals surface area contributed by atoms with Gasteiger partial charge in [-0.1, -0.05) is 6.42 Å². The fourth-order valence-electron chi connectivity index (χ4n) is 2.47. The van der Waals surface area contributed by atoms with Crippen LogP contribution < -0.4 is 10.2 Å². The zero-order valence-corrected chi connectivity index (χ0v) is 12.0. The third-order valence-corrected chi connectivity index (χ3v) is 3.72. The maximum atomic E-state index is 12.2. The summed E-state index contributed by atoms with van der Waals surface area (Å²) in [5, 5.41) is 3.01. The number of amides is 1. The van der Waals surface area contributed by atoms with Gasteiger partial charge in [-0.05, 0) is 50.7 Å². The maximum Gasteiger partial charge on any atom is 0.241 e. The second-order valence-electron chi connectivity index (χ2n) is 5.42. The van der Waals surface area contributed by atoms with E-state index in [1.807, 2.05) is 50.3 Å². The maximum absolute atomic E-state index is 12.2. The average Bonchev–Trinajstić information content (AvgIpc) is 2.39. The Morgan fingerprint density at radius 1 is 1.26 bits per heavy atom. The molecule has 1 aliphatic heterocycles. The van der Waals surface area contributed by atoms with Crippen LogP contribution >= 0.6 is 0 Å². The van der Waals surface area contributed by atoms with Crippen LogP contribution in [-0.4, -0.2) is 44.5 Å². The summed E-state index contributed by atoms with van der Waals surface area (Å²) < 4.78 is 0. The molecule has 0 radical (unpaired) electrons. The van der Waals surface area contributed by atoms with Crippen molar-refractivity contribution in [3.8, 4) is 0 Å². The Morgan fingerprint density at radius 2 is 1.95 bits per heavy atom. The molecule has 0 bridgehead atoms. The topological polar surface area (TPSA) is 35.6 Å². The molecule has 4 heteroatoms. The van der Waals surface area contributed by atoms with Crippen molar-refractivity contribution in [1.82, 2.24) is 4.90 Å². The van der Waals surface area contributed by atoms with E-state index in [0.717, 1.165) is 30.8 Å². The van der Waals surface area contributed by atoms with Crippen LogP contribution in [0, 0.1) is 0 Å². The van der Waals surface area contributed by atoms with E-state index < -0.39 is 0 Å². The predicted octanol–water partition coefficient (Wildman–Crippen LogP) is 2.18. The van der Waals surface area contributed by atoms with Crippen LogP contribution in [0.5, 0.6) is 0 Å². The number of nitrogens with one attached hydrogen (secondary N) is 1. The summed E-state index contributed by atoms with van der Waals surface area (Å²) in [6.07, 6.45) is 3.29. The van der Waals surface area contributed by atoms with E-state index in [-0.39, 0.29) is 11.9 Å². The summed E-state index contributed by atoms with van der Waals surface area (Å²) in [5.41, 5.74) is 2.00. The minimum Gasteiger partial charge on any atom is -0.378 e. The first-order chi connectivity index (χ1) is 9.08. The van der Waals surface area contributed by atoms with Gasteiger partial charge in [-0.2, -0.15) is 0 Å². The molecule has 1 fully saturated rings. The van der Waals surface area contributed by atoms with E-state index >= 15 is 0 Å². The Labute approximate surface area is 115 Å². The summed E-state index contributed by atoms with van der Waals surface area (Å²) in [4.78, 5) is 16.4. The Morgan fingerprint density at radius 3 is 2.53 bits per heavy atom. The number of likely N-dealkylation sites (tertiary alicyclic amines) is 1. The second-order valence-corrected chi connectivity index (χ2v) is 5.42. The van der Waals surface area contributed by atoms with Gasteiger partial charge in [0, 0.05) is 25.5 Å². The highest BCUT2D eigenvalue weighted by atomic mass is 16.2. The first kappa shape index (κ1) is 13.9. The molecule has 0 saturated carbocycles. The van der Waals surface area contributed by atoms with Crippen molar-refractivity contribution in [3.63, 3.8) is 0 Å². The molecule has 2 rings (SSSR count). The number of carbonyl (C=O) groups is 1. The molecular weight excluding hydrogens is 238 g/mol. The highest BCUT2D eigenvalue weighted by Crippen LogP contribution is 2.19. The van der Waals surface area contributed by atoms with Gasteiger partial charge < -0.3 is 10.2 Å². The highest BCUT2D eigenvalue weighted by molar-refractivity contribution is 5.95. The molecule has 0 spiro atoms. The zero-order chi connectivity index (χ0) is 13.8. The van der Waals surface area contributed by atoms with Crippen LogP contribution in [0.2, 0.25) is 0 Å².